The van der Waals surface area contributed by atoms with Crippen molar-refractivity contribution in [3.05, 3.63) is 28.8 Å². The summed E-state index contributed by atoms with van der Waals surface area (Å²) in [7, 11) is 0. The van der Waals surface area contributed by atoms with E-state index < -0.39 is 5.91 Å². The van der Waals surface area contributed by atoms with Crippen LogP contribution < -0.4 is 16.4 Å². The van der Waals surface area contributed by atoms with Crippen LogP contribution in [-0.4, -0.2) is 25.0 Å². The van der Waals surface area contributed by atoms with E-state index in [-0.39, 0.29) is 6.04 Å². The molecule has 1 aliphatic rings. The first-order valence-electron chi connectivity index (χ1n) is 4.68. The fourth-order valence-corrected chi connectivity index (χ4v) is 1.99. The maximum absolute atomic E-state index is 11.2. The minimum absolute atomic E-state index is 0.171. The molecule has 4 nitrogen and oxygen atoms in total. The van der Waals surface area contributed by atoms with Crippen LogP contribution in [0.5, 0.6) is 0 Å². The fraction of sp³-hybridized carbons (Fsp3) is 0.300. The van der Waals surface area contributed by atoms with Crippen LogP contribution in [0.2, 0.25) is 5.02 Å². The Hall–Kier alpha value is -1.26. The van der Waals surface area contributed by atoms with Crippen molar-refractivity contribution in [1.82, 2.24) is 0 Å². The van der Waals surface area contributed by atoms with Gasteiger partial charge in [0.05, 0.1) is 16.3 Å². The standard InChI is InChI=1S/C10H12ClN3O/c11-7-2-1-3-8(9(7)10(13)15)14-4-6(12)5-14/h1-3,6H,4-5,12H2,(H2,13,15). The second-order valence-electron chi connectivity index (χ2n) is 3.66. The third-order valence-corrected chi connectivity index (χ3v) is 2.80. The molecule has 5 heteroatoms. The number of benzene rings is 1. The van der Waals surface area contributed by atoms with Crippen molar-refractivity contribution in [3.63, 3.8) is 0 Å². The first-order chi connectivity index (χ1) is 7.09. The Balaban J connectivity index is 2.38. The molecule has 0 radical (unpaired) electrons. The van der Waals surface area contributed by atoms with Crippen LogP contribution in [0.15, 0.2) is 18.2 Å². The van der Waals surface area contributed by atoms with Crippen molar-refractivity contribution in [2.45, 2.75) is 6.04 Å². The highest BCUT2D eigenvalue weighted by Gasteiger charge is 2.27. The van der Waals surface area contributed by atoms with Crippen molar-refractivity contribution in [1.29, 1.82) is 0 Å². The van der Waals surface area contributed by atoms with Gasteiger partial charge in [-0.15, -0.1) is 0 Å². The Bertz CT molecular complexity index is 402. The molecule has 0 bridgehead atoms. The van der Waals surface area contributed by atoms with Gasteiger partial charge in [-0.25, -0.2) is 0 Å². The molecular formula is C10H12ClN3O. The van der Waals surface area contributed by atoms with Gasteiger partial charge in [0.2, 0.25) is 0 Å². The number of carbonyl (C=O) groups is 1. The quantitative estimate of drug-likeness (QED) is 0.774. The zero-order valence-corrected chi connectivity index (χ0v) is 8.87. The second-order valence-corrected chi connectivity index (χ2v) is 4.07. The molecule has 1 aliphatic heterocycles. The van der Waals surface area contributed by atoms with E-state index in [1.54, 1.807) is 12.1 Å². The Morgan fingerprint density at radius 1 is 1.47 bits per heavy atom. The highest BCUT2D eigenvalue weighted by atomic mass is 35.5. The van der Waals surface area contributed by atoms with Gasteiger partial charge in [-0.3, -0.25) is 4.79 Å². The van der Waals surface area contributed by atoms with Gasteiger partial charge in [-0.1, -0.05) is 17.7 Å². The van der Waals surface area contributed by atoms with E-state index in [2.05, 4.69) is 0 Å². The summed E-state index contributed by atoms with van der Waals surface area (Å²) in [5.74, 6) is -0.504. The lowest BCUT2D eigenvalue weighted by Gasteiger charge is -2.39. The predicted molar refractivity (Wildman–Crippen MR) is 60.2 cm³/mol. The van der Waals surface area contributed by atoms with Gasteiger partial charge in [-0.05, 0) is 12.1 Å². The Morgan fingerprint density at radius 3 is 2.67 bits per heavy atom. The summed E-state index contributed by atoms with van der Waals surface area (Å²) < 4.78 is 0. The SMILES string of the molecule is NC(=O)c1c(Cl)cccc1N1CC(N)C1. The highest BCUT2D eigenvalue weighted by Crippen LogP contribution is 2.29. The Labute approximate surface area is 92.8 Å². The van der Waals surface area contributed by atoms with Crippen LogP contribution in [0.4, 0.5) is 5.69 Å². The largest absolute Gasteiger partial charge is 0.368 e. The topological polar surface area (TPSA) is 72.4 Å². The molecule has 0 aliphatic carbocycles. The molecule has 0 atom stereocenters. The number of nitrogens with zero attached hydrogens (tertiary/aromatic N) is 1. The molecule has 0 saturated carbocycles. The number of amides is 1. The number of rotatable bonds is 2. The molecule has 1 aromatic rings. The lowest BCUT2D eigenvalue weighted by Crippen LogP contribution is -2.56. The van der Waals surface area contributed by atoms with Crippen LogP contribution in [0, 0.1) is 0 Å². The molecule has 1 fully saturated rings. The van der Waals surface area contributed by atoms with Crippen molar-refractivity contribution in [2.24, 2.45) is 11.5 Å². The molecule has 1 saturated heterocycles. The number of primary amides is 1. The summed E-state index contributed by atoms with van der Waals surface area (Å²) in [6.45, 7) is 1.47. The van der Waals surface area contributed by atoms with Crippen LogP contribution in [0.25, 0.3) is 0 Å². The van der Waals surface area contributed by atoms with Gasteiger partial charge in [0.1, 0.15) is 0 Å². The van der Waals surface area contributed by atoms with E-state index in [1.165, 1.54) is 0 Å². The number of hydrogen-bond acceptors (Lipinski definition) is 3. The first kappa shape index (κ1) is 10.3. The third kappa shape index (κ3) is 1.78. The van der Waals surface area contributed by atoms with Gasteiger partial charge in [0.25, 0.3) is 5.91 Å². The number of nitrogens with two attached hydrogens (primary N) is 2. The number of carbonyl (C=O) groups excluding carboxylic acids is 1. The number of anilines is 1. The van der Waals surface area contributed by atoms with E-state index in [0.29, 0.717) is 10.6 Å². The fourth-order valence-electron chi connectivity index (χ4n) is 1.73. The zero-order valence-electron chi connectivity index (χ0n) is 8.11. The van der Waals surface area contributed by atoms with E-state index in [4.69, 9.17) is 23.1 Å². The van der Waals surface area contributed by atoms with Gasteiger partial charge >= 0.3 is 0 Å². The van der Waals surface area contributed by atoms with Gasteiger partial charge in [-0.2, -0.15) is 0 Å². The lowest BCUT2D eigenvalue weighted by molar-refractivity contribution is 0.100. The number of hydrogen-bond donors (Lipinski definition) is 2. The molecule has 1 amide bonds. The van der Waals surface area contributed by atoms with E-state index in [1.807, 2.05) is 11.0 Å². The maximum atomic E-state index is 11.2. The molecule has 0 spiro atoms. The Kier molecular flexibility index (Phi) is 2.54. The predicted octanol–water partition coefficient (Wildman–Crippen LogP) is 0.586. The summed E-state index contributed by atoms with van der Waals surface area (Å²) in [6, 6.07) is 5.46. The first-order valence-corrected chi connectivity index (χ1v) is 5.06. The number of halogens is 1. The lowest BCUT2D eigenvalue weighted by atomic mass is 10.0. The van der Waals surface area contributed by atoms with Crippen molar-refractivity contribution in [3.8, 4) is 0 Å². The molecular weight excluding hydrogens is 214 g/mol. The van der Waals surface area contributed by atoms with Crippen molar-refractivity contribution < 1.29 is 4.79 Å². The minimum Gasteiger partial charge on any atom is -0.368 e. The zero-order chi connectivity index (χ0) is 11.0. The average molecular weight is 226 g/mol. The minimum atomic E-state index is -0.504. The summed E-state index contributed by atoms with van der Waals surface area (Å²) in [6.07, 6.45) is 0. The van der Waals surface area contributed by atoms with Gasteiger partial charge in [0, 0.05) is 19.1 Å². The summed E-state index contributed by atoms with van der Waals surface area (Å²) in [4.78, 5) is 13.2. The van der Waals surface area contributed by atoms with E-state index >= 15 is 0 Å². The van der Waals surface area contributed by atoms with Crippen LogP contribution in [0.3, 0.4) is 0 Å². The maximum Gasteiger partial charge on any atom is 0.252 e. The average Bonchev–Trinajstić information content (AvgIpc) is 2.12. The highest BCUT2D eigenvalue weighted by molar-refractivity contribution is 6.34. The summed E-state index contributed by atoms with van der Waals surface area (Å²) in [5, 5.41) is 0.389. The Morgan fingerprint density at radius 2 is 2.13 bits per heavy atom. The molecule has 0 aromatic heterocycles. The van der Waals surface area contributed by atoms with E-state index in [9.17, 15) is 4.79 Å². The van der Waals surface area contributed by atoms with Crippen LogP contribution >= 0.6 is 11.6 Å². The van der Waals surface area contributed by atoms with Crippen LogP contribution in [0.1, 0.15) is 10.4 Å². The molecule has 80 valence electrons. The molecule has 4 N–H and O–H groups in total. The van der Waals surface area contributed by atoms with Gasteiger partial charge in [0.15, 0.2) is 0 Å². The van der Waals surface area contributed by atoms with E-state index in [0.717, 1.165) is 18.8 Å². The normalized spacial score (nSPS) is 16.3. The summed E-state index contributed by atoms with van der Waals surface area (Å²) in [5.41, 5.74) is 12.1. The monoisotopic (exact) mass is 225 g/mol. The molecule has 1 aromatic carbocycles. The smallest absolute Gasteiger partial charge is 0.252 e. The molecule has 1 heterocycles. The van der Waals surface area contributed by atoms with Crippen molar-refractivity contribution in [2.75, 3.05) is 18.0 Å². The second kappa shape index (κ2) is 3.72. The van der Waals surface area contributed by atoms with Crippen molar-refractivity contribution >= 4 is 23.2 Å². The van der Waals surface area contributed by atoms with Crippen LogP contribution in [-0.2, 0) is 0 Å². The third-order valence-electron chi connectivity index (χ3n) is 2.49. The summed E-state index contributed by atoms with van der Waals surface area (Å²) >= 11 is 5.93. The van der Waals surface area contributed by atoms with Gasteiger partial charge < -0.3 is 16.4 Å². The molecule has 0 unspecified atom stereocenters. The molecule has 15 heavy (non-hydrogen) atoms. The molecule has 2 rings (SSSR count).